The Labute approximate surface area is 151 Å². The minimum absolute atomic E-state index is 0.149. The van der Waals surface area contributed by atoms with Crippen LogP contribution in [0, 0.1) is 5.41 Å². The lowest BCUT2D eigenvalue weighted by Crippen LogP contribution is -2.32. The van der Waals surface area contributed by atoms with Crippen LogP contribution < -0.4 is 5.32 Å². The molecule has 0 spiro atoms. The predicted octanol–water partition coefficient (Wildman–Crippen LogP) is 3.80. The van der Waals surface area contributed by atoms with Crippen molar-refractivity contribution < 1.29 is 13.2 Å². The number of hydrogen-bond donors (Lipinski definition) is 1. The molecule has 9 heteroatoms. The van der Waals surface area contributed by atoms with Crippen molar-refractivity contribution in [3.8, 4) is 11.1 Å². The average molecular weight is 372 g/mol. The number of nitrogens with zero attached hydrogens (tertiary/aromatic N) is 5. The smallest absolute Gasteiger partial charge is 0.352 e. The maximum absolute atomic E-state index is 13.0. The van der Waals surface area contributed by atoms with Crippen molar-refractivity contribution in [1.29, 1.82) is 0 Å². The Morgan fingerprint density at radius 1 is 1.11 bits per heavy atom. The molecule has 0 radical (unpaired) electrons. The van der Waals surface area contributed by atoms with Crippen molar-refractivity contribution in [2.75, 3.05) is 11.9 Å². The van der Waals surface area contributed by atoms with Crippen LogP contribution in [-0.4, -0.2) is 36.7 Å². The first-order valence-electron chi connectivity index (χ1n) is 8.53. The van der Waals surface area contributed by atoms with E-state index in [9.17, 15) is 13.2 Å². The van der Waals surface area contributed by atoms with Gasteiger partial charge in [0.1, 0.15) is 5.65 Å². The fraction of sp³-hybridized carbons (Fsp3) is 0.278. The van der Waals surface area contributed by atoms with E-state index in [-0.39, 0.29) is 25.3 Å². The van der Waals surface area contributed by atoms with Gasteiger partial charge in [-0.15, -0.1) is 5.10 Å². The summed E-state index contributed by atoms with van der Waals surface area (Å²) in [5.41, 5.74) is 1.90. The standard InChI is InChI=1S/C18H15F3N6/c19-18(20,21)17(4-5-17)11-24-16-23-9-14-13(3-7-27(14)25-16)12-1-2-15-22-6-8-26(15)10-12/h1-3,6-10H,4-5,11H2,(H,24,25). The molecule has 0 unspecified atom stereocenters. The van der Waals surface area contributed by atoms with Gasteiger partial charge in [0, 0.05) is 42.5 Å². The number of rotatable bonds is 4. The maximum Gasteiger partial charge on any atom is 0.396 e. The molecule has 0 saturated heterocycles. The molecule has 27 heavy (non-hydrogen) atoms. The SMILES string of the molecule is FC(F)(F)C1(CNc2ncc3c(-c4ccc5nccn5c4)ccn3n2)CC1. The summed E-state index contributed by atoms with van der Waals surface area (Å²) >= 11 is 0. The first kappa shape index (κ1) is 16.1. The number of anilines is 1. The molecule has 6 nitrogen and oxygen atoms in total. The van der Waals surface area contributed by atoms with Crippen LogP contribution in [0.25, 0.3) is 22.3 Å². The Morgan fingerprint density at radius 2 is 1.96 bits per heavy atom. The summed E-state index contributed by atoms with van der Waals surface area (Å²) in [6.07, 6.45) is 5.05. The molecule has 1 saturated carbocycles. The van der Waals surface area contributed by atoms with Crippen molar-refractivity contribution in [2.24, 2.45) is 5.41 Å². The quantitative estimate of drug-likeness (QED) is 0.592. The largest absolute Gasteiger partial charge is 0.396 e. The molecule has 1 aliphatic carbocycles. The van der Waals surface area contributed by atoms with Crippen LogP contribution in [0.3, 0.4) is 0 Å². The summed E-state index contributed by atoms with van der Waals surface area (Å²) in [6.45, 7) is -0.201. The monoisotopic (exact) mass is 372 g/mol. The van der Waals surface area contributed by atoms with Crippen LogP contribution >= 0.6 is 0 Å². The normalized spacial score (nSPS) is 16.1. The molecule has 4 aromatic heterocycles. The Kier molecular flexibility index (Phi) is 3.25. The molecule has 0 amide bonds. The Morgan fingerprint density at radius 3 is 2.74 bits per heavy atom. The van der Waals surface area contributed by atoms with Gasteiger partial charge < -0.3 is 9.72 Å². The van der Waals surface area contributed by atoms with Gasteiger partial charge in [-0.25, -0.2) is 14.5 Å². The lowest BCUT2D eigenvalue weighted by molar-refractivity contribution is -0.182. The van der Waals surface area contributed by atoms with Crippen molar-refractivity contribution in [3.05, 3.63) is 49.2 Å². The molecule has 1 N–H and O–H groups in total. The third-order valence-corrected chi connectivity index (χ3v) is 5.16. The first-order valence-corrected chi connectivity index (χ1v) is 8.53. The highest BCUT2D eigenvalue weighted by atomic mass is 19.4. The van der Waals surface area contributed by atoms with E-state index in [1.54, 1.807) is 23.1 Å². The second-order valence-corrected chi connectivity index (χ2v) is 6.88. The molecule has 138 valence electrons. The zero-order chi connectivity index (χ0) is 18.6. The fourth-order valence-electron chi connectivity index (χ4n) is 3.26. The number of hydrogen-bond acceptors (Lipinski definition) is 4. The summed E-state index contributed by atoms with van der Waals surface area (Å²) in [4.78, 5) is 8.42. The second kappa shape index (κ2) is 5.45. The third kappa shape index (κ3) is 2.61. The molecular formula is C18H15F3N6. The first-order chi connectivity index (χ1) is 13.0. The summed E-state index contributed by atoms with van der Waals surface area (Å²) in [6, 6.07) is 5.79. The van der Waals surface area contributed by atoms with Gasteiger partial charge in [-0.3, -0.25) is 0 Å². The van der Waals surface area contributed by atoms with Crippen molar-refractivity contribution in [3.63, 3.8) is 0 Å². The number of aromatic nitrogens is 5. The lowest BCUT2D eigenvalue weighted by Gasteiger charge is -2.19. The zero-order valence-electron chi connectivity index (χ0n) is 14.1. The van der Waals surface area contributed by atoms with Gasteiger partial charge in [0.2, 0.25) is 5.95 Å². The Hall–Kier alpha value is -3.10. The minimum Gasteiger partial charge on any atom is -0.352 e. The molecule has 0 aromatic carbocycles. The van der Waals surface area contributed by atoms with Crippen LogP contribution in [0.5, 0.6) is 0 Å². The van der Waals surface area contributed by atoms with Crippen LogP contribution in [-0.2, 0) is 0 Å². The van der Waals surface area contributed by atoms with Crippen LogP contribution in [0.2, 0.25) is 0 Å². The summed E-state index contributed by atoms with van der Waals surface area (Å²) in [5.74, 6) is 0.185. The molecule has 5 rings (SSSR count). The highest BCUT2D eigenvalue weighted by Crippen LogP contribution is 2.57. The van der Waals surface area contributed by atoms with E-state index in [1.807, 2.05) is 35.0 Å². The summed E-state index contributed by atoms with van der Waals surface area (Å²) in [7, 11) is 0. The lowest BCUT2D eigenvalue weighted by atomic mass is 10.1. The van der Waals surface area contributed by atoms with Crippen molar-refractivity contribution in [1.82, 2.24) is 24.0 Å². The van der Waals surface area contributed by atoms with E-state index in [4.69, 9.17) is 0 Å². The fourth-order valence-corrected chi connectivity index (χ4v) is 3.26. The number of pyridine rings is 1. The van der Waals surface area contributed by atoms with Gasteiger partial charge in [0.25, 0.3) is 0 Å². The Balaban J connectivity index is 1.43. The van der Waals surface area contributed by atoms with Crippen LogP contribution in [0.1, 0.15) is 12.8 Å². The van der Waals surface area contributed by atoms with Gasteiger partial charge in [-0.2, -0.15) is 13.2 Å². The molecule has 0 bridgehead atoms. The molecule has 4 aromatic rings. The van der Waals surface area contributed by atoms with E-state index in [1.165, 1.54) is 0 Å². The molecular weight excluding hydrogens is 357 g/mol. The minimum atomic E-state index is -4.20. The molecule has 0 atom stereocenters. The van der Waals surface area contributed by atoms with Crippen LogP contribution in [0.4, 0.5) is 19.1 Å². The van der Waals surface area contributed by atoms with Crippen molar-refractivity contribution >= 4 is 17.1 Å². The molecule has 0 aliphatic heterocycles. The number of fused-ring (bicyclic) bond motifs is 2. The van der Waals surface area contributed by atoms with Gasteiger partial charge in [-0.05, 0) is 31.0 Å². The van der Waals surface area contributed by atoms with Gasteiger partial charge in [0.15, 0.2) is 0 Å². The molecule has 1 fully saturated rings. The predicted molar refractivity (Wildman–Crippen MR) is 93.4 cm³/mol. The second-order valence-electron chi connectivity index (χ2n) is 6.88. The van der Waals surface area contributed by atoms with Crippen LogP contribution in [0.15, 0.2) is 49.2 Å². The maximum atomic E-state index is 13.0. The summed E-state index contributed by atoms with van der Waals surface area (Å²) < 4.78 is 42.7. The van der Waals surface area contributed by atoms with E-state index in [0.717, 1.165) is 22.3 Å². The van der Waals surface area contributed by atoms with Crippen molar-refractivity contribution in [2.45, 2.75) is 19.0 Å². The van der Waals surface area contributed by atoms with Gasteiger partial charge >= 0.3 is 6.18 Å². The van der Waals surface area contributed by atoms with E-state index >= 15 is 0 Å². The molecule has 1 aliphatic rings. The van der Waals surface area contributed by atoms with Gasteiger partial charge in [0.05, 0.1) is 17.1 Å². The zero-order valence-corrected chi connectivity index (χ0v) is 14.1. The Bertz CT molecular complexity index is 1140. The highest BCUT2D eigenvalue weighted by molar-refractivity contribution is 5.80. The average Bonchev–Trinajstić information content (AvgIpc) is 3.12. The number of alkyl halides is 3. The number of nitrogens with one attached hydrogen (secondary N) is 1. The highest BCUT2D eigenvalue weighted by Gasteiger charge is 2.62. The van der Waals surface area contributed by atoms with E-state index in [2.05, 4.69) is 20.4 Å². The van der Waals surface area contributed by atoms with E-state index < -0.39 is 11.6 Å². The number of halogens is 3. The van der Waals surface area contributed by atoms with Gasteiger partial charge in [-0.1, -0.05) is 0 Å². The third-order valence-electron chi connectivity index (χ3n) is 5.16. The number of imidazole rings is 1. The summed E-state index contributed by atoms with van der Waals surface area (Å²) in [5, 5.41) is 7.03. The topological polar surface area (TPSA) is 59.5 Å². The van der Waals surface area contributed by atoms with E-state index in [0.29, 0.717) is 0 Å². The molecule has 4 heterocycles.